The van der Waals surface area contributed by atoms with Crippen LogP contribution in [0, 0.1) is 0 Å². The third kappa shape index (κ3) is 4.03. The van der Waals surface area contributed by atoms with E-state index in [1.54, 1.807) is 42.8 Å². The molecule has 1 aromatic carbocycles. The van der Waals surface area contributed by atoms with E-state index in [1.807, 2.05) is 5.38 Å². The molecule has 0 atom stereocenters. The molecule has 0 fully saturated rings. The van der Waals surface area contributed by atoms with E-state index in [0.29, 0.717) is 17.0 Å². The molecule has 2 N–H and O–H groups in total. The van der Waals surface area contributed by atoms with Crippen LogP contribution in [0.15, 0.2) is 45.6 Å². The number of thiophene rings is 1. The summed E-state index contributed by atoms with van der Waals surface area (Å²) in [6, 6.07) is 8.48. The SMILES string of the molecule is COc1ccc(NC(=O)c2c(-c3ccsc3)noc2NS(C)(=O)=O)cc1. The number of rotatable bonds is 6. The Kier molecular flexibility index (Phi) is 4.96. The Morgan fingerprint density at radius 3 is 2.54 bits per heavy atom. The summed E-state index contributed by atoms with van der Waals surface area (Å²) in [5, 5.41) is 10.2. The molecule has 3 aromatic rings. The third-order valence-corrected chi connectivity index (χ3v) is 4.58. The van der Waals surface area contributed by atoms with Crippen molar-refractivity contribution >= 4 is 38.8 Å². The number of nitrogens with one attached hydrogen (secondary N) is 2. The standard InChI is InChI=1S/C16H15N3O5S2/c1-23-12-5-3-11(4-6-12)17-15(20)13-14(10-7-8-25-9-10)18-24-16(13)19-26(2,21)22/h3-9,19H,1-2H3,(H,17,20). The number of carbonyl (C=O) groups excluding carboxylic acids is 1. The summed E-state index contributed by atoms with van der Waals surface area (Å²) in [4.78, 5) is 12.8. The van der Waals surface area contributed by atoms with Crippen LogP contribution in [0.1, 0.15) is 10.4 Å². The molecule has 0 unspecified atom stereocenters. The topological polar surface area (TPSA) is 111 Å². The lowest BCUT2D eigenvalue weighted by Crippen LogP contribution is -2.17. The van der Waals surface area contributed by atoms with Crippen molar-refractivity contribution < 1.29 is 22.5 Å². The minimum atomic E-state index is -3.65. The zero-order chi connectivity index (χ0) is 18.7. The van der Waals surface area contributed by atoms with Crippen LogP contribution in [-0.4, -0.2) is 32.8 Å². The smallest absolute Gasteiger partial charge is 0.263 e. The van der Waals surface area contributed by atoms with Crippen LogP contribution in [0.25, 0.3) is 11.3 Å². The predicted molar refractivity (Wildman–Crippen MR) is 99.2 cm³/mol. The number of hydrogen-bond donors (Lipinski definition) is 2. The number of nitrogens with zero attached hydrogens (tertiary/aromatic N) is 1. The predicted octanol–water partition coefficient (Wildman–Crippen LogP) is 3.04. The Hall–Kier alpha value is -2.85. The molecule has 0 radical (unpaired) electrons. The molecule has 2 aromatic heterocycles. The van der Waals surface area contributed by atoms with Gasteiger partial charge in [0.1, 0.15) is 17.0 Å². The average molecular weight is 393 g/mol. The molecule has 1 amide bonds. The van der Waals surface area contributed by atoms with Crippen molar-refractivity contribution in [3.8, 4) is 17.0 Å². The van der Waals surface area contributed by atoms with Crippen LogP contribution in [0.3, 0.4) is 0 Å². The van der Waals surface area contributed by atoms with Crippen LogP contribution >= 0.6 is 11.3 Å². The molecule has 0 aliphatic rings. The van der Waals surface area contributed by atoms with E-state index in [2.05, 4.69) is 15.2 Å². The summed E-state index contributed by atoms with van der Waals surface area (Å²) in [5.41, 5.74) is 1.42. The molecular weight excluding hydrogens is 378 g/mol. The van der Waals surface area contributed by atoms with E-state index in [9.17, 15) is 13.2 Å². The molecular formula is C16H15N3O5S2. The molecule has 0 saturated heterocycles. The van der Waals surface area contributed by atoms with Gasteiger partial charge in [0, 0.05) is 16.6 Å². The fraction of sp³-hybridized carbons (Fsp3) is 0.125. The summed E-state index contributed by atoms with van der Waals surface area (Å²) < 4.78 is 35.4. The van der Waals surface area contributed by atoms with Crippen LogP contribution in [0.4, 0.5) is 11.6 Å². The zero-order valence-electron chi connectivity index (χ0n) is 13.8. The zero-order valence-corrected chi connectivity index (χ0v) is 15.5. The second-order valence-electron chi connectivity index (χ2n) is 5.30. The number of ether oxygens (including phenoxy) is 1. The van der Waals surface area contributed by atoms with E-state index in [1.165, 1.54) is 11.3 Å². The summed E-state index contributed by atoms with van der Waals surface area (Å²) in [5.74, 6) is -0.144. The van der Waals surface area contributed by atoms with Gasteiger partial charge in [0.05, 0.1) is 13.4 Å². The second-order valence-corrected chi connectivity index (χ2v) is 7.83. The molecule has 136 valence electrons. The van der Waals surface area contributed by atoms with Gasteiger partial charge in [-0.3, -0.25) is 9.52 Å². The van der Waals surface area contributed by atoms with Crippen molar-refractivity contribution in [2.24, 2.45) is 0 Å². The fourth-order valence-corrected chi connectivity index (χ4v) is 3.32. The summed E-state index contributed by atoms with van der Waals surface area (Å²) in [7, 11) is -2.11. The van der Waals surface area contributed by atoms with Crippen molar-refractivity contribution in [2.45, 2.75) is 0 Å². The second kappa shape index (κ2) is 7.18. The van der Waals surface area contributed by atoms with Gasteiger partial charge >= 0.3 is 0 Å². The van der Waals surface area contributed by atoms with Crippen LogP contribution in [0.2, 0.25) is 0 Å². The van der Waals surface area contributed by atoms with Gasteiger partial charge in [-0.05, 0) is 35.7 Å². The highest BCUT2D eigenvalue weighted by Crippen LogP contribution is 2.31. The quantitative estimate of drug-likeness (QED) is 0.666. The lowest BCUT2D eigenvalue weighted by atomic mass is 10.1. The maximum atomic E-state index is 12.8. The normalized spacial score (nSPS) is 11.2. The lowest BCUT2D eigenvalue weighted by Gasteiger charge is -2.07. The molecule has 26 heavy (non-hydrogen) atoms. The number of anilines is 2. The number of carbonyl (C=O) groups is 1. The van der Waals surface area contributed by atoms with E-state index in [-0.39, 0.29) is 17.1 Å². The van der Waals surface area contributed by atoms with Gasteiger partial charge in [0.15, 0.2) is 0 Å². The summed E-state index contributed by atoms with van der Waals surface area (Å²) in [6.07, 6.45) is 0.963. The van der Waals surface area contributed by atoms with E-state index >= 15 is 0 Å². The minimum Gasteiger partial charge on any atom is -0.497 e. The van der Waals surface area contributed by atoms with E-state index < -0.39 is 15.9 Å². The largest absolute Gasteiger partial charge is 0.497 e. The van der Waals surface area contributed by atoms with Crippen LogP contribution in [-0.2, 0) is 10.0 Å². The Morgan fingerprint density at radius 2 is 1.96 bits per heavy atom. The minimum absolute atomic E-state index is 0.00430. The average Bonchev–Trinajstić information content (AvgIpc) is 3.23. The highest BCUT2D eigenvalue weighted by atomic mass is 32.2. The fourth-order valence-electron chi connectivity index (χ4n) is 2.20. The van der Waals surface area contributed by atoms with Gasteiger partial charge in [0.2, 0.25) is 10.0 Å². The van der Waals surface area contributed by atoms with E-state index in [0.717, 1.165) is 6.26 Å². The highest BCUT2D eigenvalue weighted by Gasteiger charge is 2.26. The Morgan fingerprint density at radius 1 is 1.23 bits per heavy atom. The number of methoxy groups -OCH3 is 1. The number of hydrogen-bond acceptors (Lipinski definition) is 7. The van der Waals surface area contributed by atoms with Crippen molar-refractivity contribution in [3.63, 3.8) is 0 Å². The highest BCUT2D eigenvalue weighted by molar-refractivity contribution is 7.92. The first-order chi connectivity index (χ1) is 12.4. The maximum absolute atomic E-state index is 12.8. The lowest BCUT2D eigenvalue weighted by molar-refractivity contribution is 0.102. The summed E-state index contributed by atoms with van der Waals surface area (Å²) >= 11 is 1.42. The Labute approximate surface area is 153 Å². The van der Waals surface area contributed by atoms with Gasteiger partial charge in [-0.25, -0.2) is 8.42 Å². The molecule has 3 rings (SSSR count). The molecule has 2 heterocycles. The molecule has 0 spiro atoms. The molecule has 0 bridgehead atoms. The molecule has 0 aliphatic heterocycles. The Balaban J connectivity index is 1.97. The Bertz CT molecular complexity index is 1010. The molecule has 0 saturated carbocycles. The molecule has 8 nitrogen and oxygen atoms in total. The number of benzene rings is 1. The molecule has 10 heteroatoms. The van der Waals surface area contributed by atoms with Crippen molar-refractivity contribution in [2.75, 3.05) is 23.4 Å². The molecule has 0 aliphatic carbocycles. The number of sulfonamides is 1. The maximum Gasteiger partial charge on any atom is 0.263 e. The van der Waals surface area contributed by atoms with Crippen molar-refractivity contribution in [1.82, 2.24) is 5.16 Å². The van der Waals surface area contributed by atoms with Crippen molar-refractivity contribution in [1.29, 1.82) is 0 Å². The first kappa shape index (κ1) is 18.0. The number of amides is 1. The monoisotopic (exact) mass is 393 g/mol. The first-order valence-electron chi connectivity index (χ1n) is 7.33. The van der Waals surface area contributed by atoms with Gasteiger partial charge in [-0.1, -0.05) is 5.16 Å². The van der Waals surface area contributed by atoms with Gasteiger partial charge in [-0.15, -0.1) is 0 Å². The third-order valence-electron chi connectivity index (χ3n) is 3.34. The van der Waals surface area contributed by atoms with Crippen LogP contribution in [0.5, 0.6) is 5.75 Å². The number of aromatic nitrogens is 1. The van der Waals surface area contributed by atoms with Crippen molar-refractivity contribution in [3.05, 3.63) is 46.7 Å². The first-order valence-corrected chi connectivity index (χ1v) is 10.2. The van der Waals surface area contributed by atoms with Crippen LogP contribution < -0.4 is 14.8 Å². The van der Waals surface area contributed by atoms with Gasteiger partial charge in [-0.2, -0.15) is 11.3 Å². The summed E-state index contributed by atoms with van der Waals surface area (Å²) in [6.45, 7) is 0. The van der Waals surface area contributed by atoms with E-state index in [4.69, 9.17) is 9.26 Å². The van der Waals surface area contributed by atoms with Gasteiger partial charge < -0.3 is 14.6 Å². The van der Waals surface area contributed by atoms with Gasteiger partial charge in [0.25, 0.3) is 11.8 Å².